The van der Waals surface area contributed by atoms with Gasteiger partial charge in [-0.3, -0.25) is 0 Å². The Kier molecular flexibility index (Phi) is 3.10. The number of halogens is 2. The smallest absolute Gasteiger partial charge is 0.363 e. The summed E-state index contributed by atoms with van der Waals surface area (Å²) in [6.07, 6.45) is -3.00. The van der Waals surface area contributed by atoms with Gasteiger partial charge in [0.2, 0.25) is 5.82 Å². The third-order valence-corrected chi connectivity index (χ3v) is 1.76. The van der Waals surface area contributed by atoms with E-state index in [1.165, 1.54) is 0 Å². The van der Waals surface area contributed by atoms with E-state index in [1.807, 2.05) is 0 Å². The fraction of sp³-hybridized carbons (Fsp3) is 0.286. The first-order valence-electron chi connectivity index (χ1n) is 3.89. The number of nitrogens with two attached hydrogens (primary N) is 2. The van der Waals surface area contributed by atoms with Crippen molar-refractivity contribution in [2.24, 2.45) is 5.73 Å². The maximum atomic E-state index is 12.5. The zero-order valence-electron chi connectivity index (χ0n) is 7.48. The highest BCUT2D eigenvalue weighted by Crippen LogP contribution is 2.31. The Balaban J connectivity index is 3.47. The zero-order chi connectivity index (χ0) is 11.6. The van der Waals surface area contributed by atoms with Crippen molar-refractivity contribution in [3.8, 4) is 0 Å². The van der Waals surface area contributed by atoms with Crippen molar-refractivity contribution in [1.29, 1.82) is 0 Å². The predicted octanol–water partition coefficient (Wildman–Crippen LogP) is 0.968. The second-order valence-electron chi connectivity index (χ2n) is 2.71. The molecule has 1 rings (SSSR count). The molecule has 0 fully saturated rings. The molecule has 1 aromatic rings. The molecule has 6 nitrogen and oxygen atoms in total. The summed E-state index contributed by atoms with van der Waals surface area (Å²) in [7, 11) is 0. The molecule has 1 aromatic heterocycles. The van der Waals surface area contributed by atoms with Crippen LogP contribution >= 0.6 is 0 Å². The number of rotatable bonds is 3. The lowest BCUT2D eigenvalue weighted by atomic mass is 10.1. The van der Waals surface area contributed by atoms with Gasteiger partial charge in [-0.2, -0.15) is 0 Å². The standard InChI is InChI=1S/C7H8F2N4O2/c8-6(9)5-3(2-10)1-4(11)12-7(5)13(14)15/h1,6H,2,10H2,(H2,11,12). The molecule has 1 heterocycles. The minimum Gasteiger partial charge on any atom is -0.363 e. The largest absolute Gasteiger partial charge is 0.375 e. The van der Waals surface area contributed by atoms with E-state index in [0.717, 1.165) is 6.07 Å². The summed E-state index contributed by atoms with van der Waals surface area (Å²) in [6, 6.07) is 1.11. The third-order valence-electron chi connectivity index (χ3n) is 1.76. The van der Waals surface area contributed by atoms with Gasteiger partial charge < -0.3 is 21.6 Å². The summed E-state index contributed by atoms with van der Waals surface area (Å²) in [6.45, 7) is -0.257. The van der Waals surface area contributed by atoms with Gasteiger partial charge in [0.1, 0.15) is 5.56 Å². The number of anilines is 1. The molecule has 0 amide bonds. The van der Waals surface area contributed by atoms with Crippen molar-refractivity contribution < 1.29 is 13.7 Å². The lowest BCUT2D eigenvalue weighted by molar-refractivity contribution is -0.390. The van der Waals surface area contributed by atoms with E-state index in [-0.39, 0.29) is 17.9 Å². The van der Waals surface area contributed by atoms with Crippen LogP contribution in [0.1, 0.15) is 17.6 Å². The molecular formula is C7H8F2N4O2. The number of nitrogen functional groups attached to an aromatic ring is 1. The number of hydrogen-bond donors (Lipinski definition) is 2. The predicted molar refractivity (Wildman–Crippen MR) is 48.2 cm³/mol. The summed E-state index contributed by atoms with van der Waals surface area (Å²) >= 11 is 0. The zero-order valence-corrected chi connectivity index (χ0v) is 7.48. The van der Waals surface area contributed by atoms with Crippen LogP contribution in [-0.4, -0.2) is 9.91 Å². The highest BCUT2D eigenvalue weighted by Gasteiger charge is 2.27. The fourth-order valence-corrected chi connectivity index (χ4v) is 1.16. The number of nitrogens with zero attached hydrogens (tertiary/aromatic N) is 2. The van der Waals surface area contributed by atoms with Crippen molar-refractivity contribution in [1.82, 2.24) is 4.98 Å². The lowest BCUT2D eigenvalue weighted by Crippen LogP contribution is -2.09. The van der Waals surface area contributed by atoms with E-state index in [1.54, 1.807) is 0 Å². The first-order chi connectivity index (χ1) is 6.97. The number of nitro groups is 1. The first kappa shape index (κ1) is 11.2. The lowest BCUT2D eigenvalue weighted by Gasteiger charge is -2.06. The highest BCUT2D eigenvalue weighted by molar-refractivity contribution is 5.48. The molecule has 0 saturated heterocycles. The van der Waals surface area contributed by atoms with E-state index in [4.69, 9.17) is 11.5 Å². The van der Waals surface area contributed by atoms with E-state index in [0.29, 0.717) is 0 Å². The van der Waals surface area contributed by atoms with Crippen LogP contribution in [0.3, 0.4) is 0 Å². The van der Waals surface area contributed by atoms with Crippen LogP contribution in [0.25, 0.3) is 0 Å². The van der Waals surface area contributed by atoms with E-state index < -0.39 is 22.7 Å². The molecule has 8 heteroatoms. The van der Waals surface area contributed by atoms with Crippen molar-refractivity contribution in [2.75, 3.05) is 5.73 Å². The van der Waals surface area contributed by atoms with Crippen LogP contribution in [0.15, 0.2) is 6.07 Å². The minimum atomic E-state index is -3.00. The topological polar surface area (TPSA) is 108 Å². The van der Waals surface area contributed by atoms with Crippen LogP contribution in [0.5, 0.6) is 0 Å². The molecule has 0 unspecified atom stereocenters. The molecule has 0 bridgehead atoms. The Morgan fingerprint density at radius 3 is 2.60 bits per heavy atom. The van der Waals surface area contributed by atoms with Crippen molar-refractivity contribution >= 4 is 11.6 Å². The van der Waals surface area contributed by atoms with Gasteiger partial charge in [0, 0.05) is 12.6 Å². The van der Waals surface area contributed by atoms with E-state index in [2.05, 4.69) is 4.98 Å². The maximum absolute atomic E-state index is 12.5. The molecule has 0 aliphatic heterocycles. The van der Waals surface area contributed by atoms with Gasteiger partial charge in [-0.25, -0.2) is 8.78 Å². The Morgan fingerprint density at radius 1 is 1.60 bits per heavy atom. The average Bonchev–Trinajstić information content (AvgIpc) is 2.15. The van der Waals surface area contributed by atoms with Crippen molar-refractivity contribution in [2.45, 2.75) is 13.0 Å². The molecule has 4 N–H and O–H groups in total. The summed E-state index contributed by atoms with van der Waals surface area (Å²) in [4.78, 5) is 12.7. The third kappa shape index (κ3) is 2.15. The van der Waals surface area contributed by atoms with Gasteiger partial charge in [-0.1, -0.05) is 0 Å². The second kappa shape index (κ2) is 4.13. The van der Waals surface area contributed by atoms with Gasteiger partial charge >= 0.3 is 5.82 Å². The van der Waals surface area contributed by atoms with E-state index >= 15 is 0 Å². The molecule has 0 aliphatic rings. The number of pyridine rings is 1. The maximum Gasteiger partial charge on any atom is 0.375 e. The molecule has 0 saturated carbocycles. The Hall–Kier alpha value is -1.83. The molecule has 0 aromatic carbocycles. The van der Waals surface area contributed by atoms with Gasteiger partial charge in [-0.15, -0.1) is 0 Å². The molecule has 0 spiro atoms. The summed E-state index contributed by atoms with van der Waals surface area (Å²) < 4.78 is 25.1. The van der Waals surface area contributed by atoms with Gasteiger partial charge in [-0.05, 0) is 15.5 Å². The van der Waals surface area contributed by atoms with Crippen LogP contribution in [0, 0.1) is 10.1 Å². The van der Waals surface area contributed by atoms with Crippen LogP contribution in [0.2, 0.25) is 0 Å². The van der Waals surface area contributed by atoms with Crippen LogP contribution in [0.4, 0.5) is 20.4 Å². The second-order valence-corrected chi connectivity index (χ2v) is 2.71. The van der Waals surface area contributed by atoms with Gasteiger partial charge in [0.15, 0.2) is 0 Å². The highest BCUT2D eigenvalue weighted by atomic mass is 19.3. The Bertz CT molecular complexity index is 397. The molecule has 0 radical (unpaired) electrons. The molecule has 15 heavy (non-hydrogen) atoms. The number of alkyl halides is 2. The molecular weight excluding hydrogens is 210 g/mol. The normalized spacial score (nSPS) is 10.7. The van der Waals surface area contributed by atoms with Crippen molar-refractivity contribution in [3.63, 3.8) is 0 Å². The number of hydrogen-bond acceptors (Lipinski definition) is 5. The minimum absolute atomic E-state index is 0.0656. The van der Waals surface area contributed by atoms with Crippen LogP contribution in [-0.2, 0) is 6.54 Å². The molecule has 0 atom stereocenters. The van der Waals surface area contributed by atoms with Gasteiger partial charge in [0.25, 0.3) is 6.43 Å². The summed E-state index contributed by atoms with van der Waals surface area (Å²) in [5.41, 5.74) is 9.58. The van der Waals surface area contributed by atoms with E-state index in [9.17, 15) is 18.9 Å². The Labute approximate surface area is 83.0 Å². The quantitative estimate of drug-likeness (QED) is 0.580. The average molecular weight is 218 g/mol. The SMILES string of the molecule is NCc1cc(N)nc([N+](=O)[O-])c1C(F)F. The molecule has 0 aliphatic carbocycles. The Morgan fingerprint density at radius 2 is 2.20 bits per heavy atom. The first-order valence-corrected chi connectivity index (χ1v) is 3.89. The number of aromatic nitrogens is 1. The monoisotopic (exact) mass is 218 g/mol. The van der Waals surface area contributed by atoms with Crippen LogP contribution < -0.4 is 11.5 Å². The summed E-state index contributed by atoms with van der Waals surface area (Å²) in [5, 5.41) is 10.5. The fourth-order valence-electron chi connectivity index (χ4n) is 1.16. The van der Waals surface area contributed by atoms with Gasteiger partial charge in [0.05, 0.1) is 0 Å². The summed E-state index contributed by atoms with van der Waals surface area (Å²) in [5.74, 6) is -1.14. The molecule has 82 valence electrons. The van der Waals surface area contributed by atoms with Crippen molar-refractivity contribution in [3.05, 3.63) is 27.3 Å².